The summed E-state index contributed by atoms with van der Waals surface area (Å²) in [5, 5.41) is 9.44. The standard InChI is InChI=1S/C50H32N2O/c1-3-17-36(18-4-1)51(38-28-26-33-14-7-8-16-35(33)32-38)45-30-29-41(48-47-39-21-10-9-15-34(39)27-31-46(47)53-50(45)48)43-24-13-23-42-40-22-11-12-25-44(40)52(49(42)43)37-19-5-2-6-20-37/h1-32H. The molecule has 53 heavy (non-hydrogen) atoms. The number of rotatable bonds is 5. The maximum atomic E-state index is 7.10. The lowest BCUT2D eigenvalue weighted by Crippen LogP contribution is -2.10. The molecule has 2 heterocycles. The van der Waals surface area contributed by atoms with Crippen molar-refractivity contribution in [3.8, 4) is 16.8 Å². The van der Waals surface area contributed by atoms with Crippen molar-refractivity contribution in [3.05, 3.63) is 194 Å². The molecule has 0 saturated heterocycles. The van der Waals surface area contributed by atoms with Crippen molar-refractivity contribution in [2.45, 2.75) is 0 Å². The third-order valence-electron chi connectivity index (χ3n) is 10.7. The molecular formula is C50H32N2O. The molecule has 0 unspecified atom stereocenters. The van der Waals surface area contributed by atoms with Gasteiger partial charge in [0.15, 0.2) is 5.58 Å². The zero-order valence-corrected chi connectivity index (χ0v) is 28.8. The van der Waals surface area contributed by atoms with Gasteiger partial charge in [0.25, 0.3) is 0 Å². The maximum absolute atomic E-state index is 7.10. The highest BCUT2D eigenvalue weighted by atomic mass is 16.3. The van der Waals surface area contributed by atoms with E-state index in [0.29, 0.717) is 0 Å². The number of benzene rings is 9. The van der Waals surface area contributed by atoms with Gasteiger partial charge in [-0.2, -0.15) is 0 Å². The van der Waals surface area contributed by atoms with Crippen LogP contribution in [0.3, 0.4) is 0 Å². The van der Waals surface area contributed by atoms with E-state index in [4.69, 9.17) is 4.42 Å². The van der Waals surface area contributed by atoms with E-state index in [0.717, 1.165) is 55.8 Å². The summed E-state index contributed by atoms with van der Waals surface area (Å²) in [5.41, 5.74) is 10.6. The van der Waals surface area contributed by atoms with E-state index >= 15 is 0 Å². The predicted octanol–water partition coefficient (Wildman–Crippen LogP) is 14.1. The second-order valence-electron chi connectivity index (χ2n) is 13.7. The minimum absolute atomic E-state index is 0.852. The highest BCUT2D eigenvalue weighted by molar-refractivity contribution is 6.27. The quantitative estimate of drug-likeness (QED) is 0.181. The van der Waals surface area contributed by atoms with Crippen LogP contribution in [-0.2, 0) is 0 Å². The van der Waals surface area contributed by atoms with Gasteiger partial charge in [0, 0.05) is 44.2 Å². The van der Waals surface area contributed by atoms with Gasteiger partial charge in [-0.1, -0.05) is 140 Å². The Morgan fingerprint density at radius 2 is 1.09 bits per heavy atom. The van der Waals surface area contributed by atoms with Gasteiger partial charge >= 0.3 is 0 Å². The van der Waals surface area contributed by atoms with E-state index in [1.54, 1.807) is 0 Å². The lowest BCUT2D eigenvalue weighted by molar-refractivity contribution is 0.669. The summed E-state index contributed by atoms with van der Waals surface area (Å²) in [5.74, 6) is 0. The second kappa shape index (κ2) is 11.7. The Morgan fingerprint density at radius 1 is 0.415 bits per heavy atom. The molecular weight excluding hydrogens is 645 g/mol. The Balaban J connectivity index is 1.28. The molecule has 0 saturated carbocycles. The zero-order chi connectivity index (χ0) is 34.9. The van der Waals surface area contributed by atoms with Gasteiger partial charge in [-0.3, -0.25) is 0 Å². The molecule has 0 atom stereocenters. The average Bonchev–Trinajstić information content (AvgIpc) is 3.79. The van der Waals surface area contributed by atoms with E-state index in [9.17, 15) is 0 Å². The fraction of sp³-hybridized carbons (Fsp3) is 0. The number of anilines is 3. The molecule has 0 N–H and O–H groups in total. The van der Waals surface area contributed by atoms with Crippen LogP contribution < -0.4 is 4.90 Å². The van der Waals surface area contributed by atoms with Crippen LogP contribution in [0.15, 0.2) is 199 Å². The van der Waals surface area contributed by atoms with Gasteiger partial charge in [0.05, 0.1) is 16.7 Å². The van der Waals surface area contributed by atoms with Crippen LogP contribution in [0.1, 0.15) is 0 Å². The van der Waals surface area contributed by atoms with Crippen molar-refractivity contribution < 1.29 is 4.42 Å². The van der Waals surface area contributed by atoms with Crippen LogP contribution in [-0.4, -0.2) is 4.57 Å². The molecule has 3 nitrogen and oxygen atoms in total. The van der Waals surface area contributed by atoms with Gasteiger partial charge in [0.1, 0.15) is 5.58 Å². The van der Waals surface area contributed by atoms with E-state index in [1.807, 2.05) is 0 Å². The Kier molecular flexibility index (Phi) is 6.55. The summed E-state index contributed by atoms with van der Waals surface area (Å²) in [4.78, 5) is 2.34. The Labute approximate surface area is 306 Å². The Bertz CT molecular complexity index is 3170. The number of hydrogen-bond donors (Lipinski definition) is 0. The third-order valence-corrected chi connectivity index (χ3v) is 10.7. The number of nitrogens with zero attached hydrogens (tertiary/aromatic N) is 2. The topological polar surface area (TPSA) is 21.3 Å². The highest BCUT2D eigenvalue weighted by Crippen LogP contribution is 2.49. The van der Waals surface area contributed by atoms with Crippen LogP contribution in [0.2, 0.25) is 0 Å². The molecule has 0 aliphatic heterocycles. The average molecular weight is 677 g/mol. The second-order valence-corrected chi connectivity index (χ2v) is 13.7. The van der Waals surface area contributed by atoms with Crippen molar-refractivity contribution >= 4 is 82.4 Å². The van der Waals surface area contributed by atoms with E-state index in [1.165, 1.54) is 43.4 Å². The number of fused-ring (bicyclic) bond motifs is 9. The smallest absolute Gasteiger partial charge is 0.160 e. The fourth-order valence-electron chi connectivity index (χ4n) is 8.43. The Hall–Kier alpha value is -7.10. The number of aromatic nitrogens is 1. The molecule has 0 amide bonds. The van der Waals surface area contributed by atoms with E-state index in [2.05, 4.69) is 204 Å². The molecule has 11 rings (SSSR count). The molecule has 0 spiro atoms. The number of para-hydroxylation sites is 4. The molecule has 9 aromatic carbocycles. The third kappa shape index (κ3) is 4.54. The summed E-state index contributed by atoms with van der Waals surface area (Å²) >= 11 is 0. The molecule has 0 fully saturated rings. The zero-order valence-electron chi connectivity index (χ0n) is 28.8. The first-order valence-electron chi connectivity index (χ1n) is 18.1. The highest BCUT2D eigenvalue weighted by Gasteiger charge is 2.25. The van der Waals surface area contributed by atoms with Crippen molar-refractivity contribution in [2.24, 2.45) is 0 Å². The van der Waals surface area contributed by atoms with Crippen molar-refractivity contribution in [3.63, 3.8) is 0 Å². The molecule has 0 aliphatic rings. The lowest BCUT2D eigenvalue weighted by atomic mass is 9.94. The molecule has 3 heteroatoms. The summed E-state index contributed by atoms with van der Waals surface area (Å²) < 4.78 is 9.52. The summed E-state index contributed by atoms with van der Waals surface area (Å²) in [6.45, 7) is 0. The van der Waals surface area contributed by atoms with Crippen LogP contribution >= 0.6 is 0 Å². The molecule has 11 aromatic rings. The fourth-order valence-corrected chi connectivity index (χ4v) is 8.43. The van der Waals surface area contributed by atoms with E-state index in [-0.39, 0.29) is 0 Å². The van der Waals surface area contributed by atoms with Gasteiger partial charge in [0.2, 0.25) is 0 Å². The predicted molar refractivity (Wildman–Crippen MR) is 223 cm³/mol. The largest absolute Gasteiger partial charge is 0.454 e. The monoisotopic (exact) mass is 676 g/mol. The molecule has 2 aromatic heterocycles. The minimum Gasteiger partial charge on any atom is -0.454 e. The van der Waals surface area contributed by atoms with E-state index < -0.39 is 0 Å². The molecule has 0 aliphatic carbocycles. The van der Waals surface area contributed by atoms with Crippen LogP contribution in [0.25, 0.3) is 82.1 Å². The first kappa shape index (κ1) is 29.6. The summed E-state index contributed by atoms with van der Waals surface area (Å²) in [7, 11) is 0. The SMILES string of the molecule is c1ccc(N(c2ccc3ccccc3c2)c2ccc(-c3cccc4c5ccccc5n(-c5ccccc5)c34)c3c2oc2ccc4ccccc4c23)cc1. The lowest BCUT2D eigenvalue weighted by Gasteiger charge is -2.26. The summed E-state index contributed by atoms with van der Waals surface area (Å²) in [6, 6.07) is 69.6. The van der Waals surface area contributed by atoms with Gasteiger partial charge in [-0.15, -0.1) is 0 Å². The van der Waals surface area contributed by atoms with Crippen molar-refractivity contribution in [1.82, 2.24) is 4.57 Å². The van der Waals surface area contributed by atoms with Gasteiger partial charge < -0.3 is 13.9 Å². The van der Waals surface area contributed by atoms with Gasteiger partial charge in [-0.25, -0.2) is 0 Å². The van der Waals surface area contributed by atoms with Crippen LogP contribution in [0, 0.1) is 0 Å². The maximum Gasteiger partial charge on any atom is 0.160 e. The normalized spacial score (nSPS) is 11.8. The van der Waals surface area contributed by atoms with Crippen LogP contribution in [0.4, 0.5) is 17.1 Å². The number of hydrogen-bond acceptors (Lipinski definition) is 2. The minimum atomic E-state index is 0.852. The first-order valence-corrected chi connectivity index (χ1v) is 18.1. The van der Waals surface area contributed by atoms with Crippen LogP contribution in [0.5, 0.6) is 0 Å². The van der Waals surface area contributed by atoms with Crippen molar-refractivity contribution in [1.29, 1.82) is 0 Å². The summed E-state index contributed by atoms with van der Waals surface area (Å²) in [6.07, 6.45) is 0. The molecule has 248 valence electrons. The first-order chi connectivity index (χ1) is 26.3. The molecule has 0 radical (unpaired) electrons. The van der Waals surface area contributed by atoms with Crippen molar-refractivity contribution in [2.75, 3.05) is 4.90 Å². The number of furan rings is 1. The Morgan fingerprint density at radius 3 is 1.94 bits per heavy atom. The molecule has 0 bridgehead atoms. The van der Waals surface area contributed by atoms with Gasteiger partial charge in [-0.05, 0) is 81.7 Å².